The summed E-state index contributed by atoms with van der Waals surface area (Å²) >= 11 is 0. The maximum Gasteiger partial charge on any atom is 0.269 e. The van der Waals surface area contributed by atoms with Crippen molar-refractivity contribution in [1.82, 2.24) is 16.2 Å². The van der Waals surface area contributed by atoms with E-state index in [1.165, 1.54) is 0 Å². The van der Waals surface area contributed by atoms with Crippen LogP contribution >= 0.6 is 0 Å². The molecular weight excluding hydrogens is 274 g/mol. The monoisotopic (exact) mass is 293 g/mol. The molecule has 1 aliphatic rings. The molecule has 1 fully saturated rings. The van der Waals surface area contributed by atoms with E-state index in [0.29, 0.717) is 31.1 Å². The largest absolute Gasteiger partial charge is 0.494 e. The van der Waals surface area contributed by atoms with Crippen LogP contribution in [-0.4, -0.2) is 44.2 Å². The van der Waals surface area contributed by atoms with Crippen molar-refractivity contribution < 1.29 is 19.1 Å². The average Bonchev–Trinajstić information content (AvgIpc) is 2.54. The van der Waals surface area contributed by atoms with Gasteiger partial charge in [-0.3, -0.25) is 20.4 Å². The Morgan fingerprint density at radius 2 is 2.10 bits per heavy atom. The van der Waals surface area contributed by atoms with Crippen LogP contribution in [0.4, 0.5) is 0 Å². The highest BCUT2D eigenvalue weighted by molar-refractivity contribution is 5.95. The van der Waals surface area contributed by atoms with E-state index in [1.807, 2.05) is 6.92 Å². The lowest BCUT2D eigenvalue weighted by atomic mass is 10.2. The Morgan fingerprint density at radius 3 is 2.71 bits per heavy atom. The maximum absolute atomic E-state index is 11.9. The van der Waals surface area contributed by atoms with Gasteiger partial charge in [-0.25, -0.2) is 0 Å². The van der Waals surface area contributed by atoms with Crippen molar-refractivity contribution in [2.24, 2.45) is 0 Å². The van der Waals surface area contributed by atoms with Gasteiger partial charge in [0.15, 0.2) is 0 Å². The van der Waals surface area contributed by atoms with Gasteiger partial charge in [-0.2, -0.15) is 0 Å². The molecule has 0 bridgehead atoms. The van der Waals surface area contributed by atoms with Crippen molar-refractivity contribution in [3.8, 4) is 5.75 Å². The Kier molecular flexibility index (Phi) is 5.53. The lowest BCUT2D eigenvalue weighted by Crippen LogP contribution is -2.52. The van der Waals surface area contributed by atoms with E-state index < -0.39 is 12.0 Å². The van der Waals surface area contributed by atoms with Crippen LogP contribution in [0.25, 0.3) is 0 Å². The van der Waals surface area contributed by atoms with Gasteiger partial charge in [0.1, 0.15) is 11.9 Å². The van der Waals surface area contributed by atoms with Crippen molar-refractivity contribution >= 4 is 11.8 Å². The molecule has 1 aromatic rings. The summed E-state index contributed by atoms with van der Waals surface area (Å²) < 4.78 is 10.6. The van der Waals surface area contributed by atoms with E-state index in [1.54, 1.807) is 24.3 Å². The van der Waals surface area contributed by atoms with Crippen LogP contribution in [0.15, 0.2) is 24.3 Å². The van der Waals surface area contributed by atoms with E-state index in [-0.39, 0.29) is 5.91 Å². The smallest absolute Gasteiger partial charge is 0.269 e. The van der Waals surface area contributed by atoms with E-state index >= 15 is 0 Å². The molecule has 2 amide bonds. The van der Waals surface area contributed by atoms with Gasteiger partial charge in [-0.1, -0.05) is 0 Å². The highest BCUT2D eigenvalue weighted by Crippen LogP contribution is 2.11. The number of hydrazine groups is 1. The summed E-state index contributed by atoms with van der Waals surface area (Å²) in [6.07, 6.45) is -0.584. The van der Waals surface area contributed by atoms with Gasteiger partial charge >= 0.3 is 0 Å². The maximum atomic E-state index is 11.9. The molecule has 2 rings (SSSR count). The molecule has 1 atom stereocenters. The molecule has 0 aliphatic carbocycles. The topological polar surface area (TPSA) is 88.7 Å². The molecule has 114 valence electrons. The molecule has 1 saturated heterocycles. The minimum Gasteiger partial charge on any atom is -0.494 e. The van der Waals surface area contributed by atoms with Crippen LogP contribution in [0.1, 0.15) is 17.3 Å². The summed E-state index contributed by atoms with van der Waals surface area (Å²) in [5.74, 6) is -0.0728. The van der Waals surface area contributed by atoms with E-state index in [0.717, 1.165) is 6.54 Å². The highest BCUT2D eigenvalue weighted by atomic mass is 16.5. The number of hydrogen-bond acceptors (Lipinski definition) is 5. The molecule has 0 unspecified atom stereocenters. The van der Waals surface area contributed by atoms with Crippen LogP contribution in [0.2, 0.25) is 0 Å². The molecule has 21 heavy (non-hydrogen) atoms. The fraction of sp³-hybridized carbons (Fsp3) is 0.429. The lowest BCUT2D eigenvalue weighted by Gasteiger charge is -2.22. The van der Waals surface area contributed by atoms with Gasteiger partial charge < -0.3 is 14.8 Å². The predicted octanol–water partition coefficient (Wildman–Crippen LogP) is -0.165. The third kappa shape index (κ3) is 4.44. The first kappa shape index (κ1) is 15.3. The first-order valence-electron chi connectivity index (χ1n) is 6.86. The number of amides is 2. The minimum absolute atomic E-state index is 0.374. The summed E-state index contributed by atoms with van der Waals surface area (Å²) in [6, 6.07) is 6.67. The van der Waals surface area contributed by atoms with Crippen LogP contribution in [-0.2, 0) is 9.53 Å². The fourth-order valence-corrected chi connectivity index (χ4v) is 1.87. The second-order valence-electron chi connectivity index (χ2n) is 4.46. The number of benzene rings is 1. The standard InChI is InChI=1S/C14H19N3O4/c1-2-20-11-5-3-10(4-6-11)13(18)16-17-14(19)12-9-15-7-8-21-12/h3-6,12,15H,2,7-9H2,1H3,(H,16,18)(H,17,19)/t12-/m1/s1. The average molecular weight is 293 g/mol. The number of rotatable bonds is 4. The van der Waals surface area contributed by atoms with Crippen LogP contribution in [0.3, 0.4) is 0 Å². The van der Waals surface area contributed by atoms with Crippen molar-refractivity contribution in [2.45, 2.75) is 13.0 Å². The molecule has 7 heteroatoms. The fourth-order valence-electron chi connectivity index (χ4n) is 1.87. The predicted molar refractivity (Wildman–Crippen MR) is 75.8 cm³/mol. The number of morpholine rings is 1. The van der Waals surface area contributed by atoms with Gasteiger partial charge in [0, 0.05) is 18.7 Å². The third-order valence-electron chi connectivity index (χ3n) is 2.95. The zero-order chi connectivity index (χ0) is 15.1. The van der Waals surface area contributed by atoms with E-state index in [4.69, 9.17) is 9.47 Å². The molecule has 1 heterocycles. The zero-order valence-corrected chi connectivity index (χ0v) is 11.8. The molecule has 0 spiro atoms. The Morgan fingerprint density at radius 1 is 1.33 bits per heavy atom. The van der Waals surface area contributed by atoms with Gasteiger partial charge in [-0.05, 0) is 31.2 Å². The van der Waals surface area contributed by atoms with Crippen molar-refractivity contribution in [1.29, 1.82) is 0 Å². The first-order valence-corrected chi connectivity index (χ1v) is 6.86. The second kappa shape index (κ2) is 7.61. The summed E-state index contributed by atoms with van der Waals surface area (Å²) in [7, 11) is 0. The highest BCUT2D eigenvalue weighted by Gasteiger charge is 2.22. The van der Waals surface area contributed by atoms with Crippen LogP contribution < -0.4 is 20.9 Å². The molecule has 3 N–H and O–H groups in total. The third-order valence-corrected chi connectivity index (χ3v) is 2.95. The first-order chi connectivity index (χ1) is 10.2. The molecule has 1 aromatic carbocycles. The molecule has 0 saturated carbocycles. The van der Waals surface area contributed by atoms with Crippen molar-refractivity contribution in [3.05, 3.63) is 29.8 Å². The SMILES string of the molecule is CCOc1ccc(C(=O)NNC(=O)[C@H]2CNCCO2)cc1. The Labute approximate surface area is 123 Å². The van der Waals surface area contributed by atoms with Gasteiger partial charge in [0.2, 0.25) is 0 Å². The quantitative estimate of drug-likeness (QED) is 0.671. The molecule has 7 nitrogen and oxygen atoms in total. The second-order valence-corrected chi connectivity index (χ2v) is 4.46. The Bertz CT molecular complexity index is 483. The molecule has 0 aromatic heterocycles. The Hall–Kier alpha value is -2.12. The summed E-state index contributed by atoms with van der Waals surface area (Å²) in [5, 5.41) is 3.04. The van der Waals surface area contributed by atoms with Crippen molar-refractivity contribution in [3.63, 3.8) is 0 Å². The summed E-state index contributed by atoms with van der Waals surface area (Å²) in [4.78, 5) is 23.6. The minimum atomic E-state index is -0.584. The normalized spacial score (nSPS) is 17.9. The molecule has 1 aliphatic heterocycles. The number of nitrogens with one attached hydrogen (secondary N) is 3. The van der Waals surface area contributed by atoms with Gasteiger partial charge in [0.05, 0.1) is 13.2 Å². The number of ether oxygens (including phenoxy) is 2. The summed E-state index contributed by atoms with van der Waals surface area (Å²) in [6.45, 7) is 4.09. The van der Waals surface area contributed by atoms with Crippen LogP contribution in [0.5, 0.6) is 5.75 Å². The number of carbonyl (C=O) groups is 2. The molecular formula is C14H19N3O4. The van der Waals surface area contributed by atoms with Gasteiger partial charge in [0.25, 0.3) is 11.8 Å². The summed E-state index contributed by atoms with van der Waals surface area (Å²) in [5.41, 5.74) is 5.15. The number of hydrogen-bond donors (Lipinski definition) is 3. The van der Waals surface area contributed by atoms with Gasteiger partial charge in [-0.15, -0.1) is 0 Å². The van der Waals surface area contributed by atoms with E-state index in [9.17, 15) is 9.59 Å². The lowest BCUT2D eigenvalue weighted by molar-refractivity contribution is -0.135. The number of carbonyl (C=O) groups excluding carboxylic acids is 2. The molecule has 0 radical (unpaired) electrons. The Balaban J connectivity index is 1.82. The van der Waals surface area contributed by atoms with Crippen LogP contribution in [0, 0.1) is 0 Å². The zero-order valence-electron chi connectivity index (χ0n) is 11.8. The van der Waals surface area contributed by atoms with Crippen molar-refractivity contribution in [2.75, 3.05) is 26.3 Å². The van der Waals surface area contributed by atoms with E-state index in [2.05, 4.69) is 16.2 Å².